The highest BCUT2D eigenvalue weighted by atomic mass is 79.9. The Bertz CT molecular complexity index is 791. The van der Waals surface area contributed by atoms with Crippen LogP contribution in [0.5, 0.6) is 0 Å². The number of benzene rings is 1. The van der Waals surface area contributed by atoms with E-state index in [1.165, 1.54) is 24.3 Å². The SMILES string of the molecule is CCS(=O)(=O)c1ccc(NC(=O)/C=C/c2ccc(Br)o2)cc1. The van der Waals surface area contributed by atoms with Gasteiger partial charge in [0, 0.05) is 11.8 Å². The van der Waals surface area contributed by atoms with E-state index >= 15 is 0 Å². The van der Waals surface area contributed by atoms with E-state index < -0.39 is 9.84 Å². The van der Waals surface area contributed by atoms with Gasteiger partial charge in [-0.15, -0.1) is 0 Å². The van der Waals surface area contributed by atoms with Crippen molar-refractivity contribution in [2.75, 3.05) is 11.1 Å². The number of anilines is 1. The molecule has 0 fully saturated rings. The summed E-state index contributed by atoms with van der Waals surface area (Å²) in [5.74, 6) is 0.255. The maximum Gasteiger partial charge on any atom is 0.248 e. The third kappa shape index (κ3) is 4.32. The van der Waals surface area contributed by atoms with Crippen LogP contribution in [0.3, 0.4) is 0 Å². The van der Waals surface area contributed by atoms with Gasteiger partial charge in [-0.1, -0.05) is 6.92 Å². The minimum atomic E-state index is -3.23. The fourth-order valence-electron chi connectivity index (χ4n) is 1.67. The molecule has 0 aliphatic carbocycles. The van der Waals surface area contributed by atoms with Crippen LogP contribution in [0, 0.1) is 0 Å². The Morgan fingerprint density at radius 1 is 1.23 bits per heavy atom. The summed E-state index contributed by atoms with van der Waals surface area (Å²) in [6.07, 6.45) is 2.87. The number of rotatable bonds is 5. The molecule has 0 saturated heterocycles. The average molecular weight is 384 g/mol. The van der Waals surface area contributed by atoms with Crippen molar-refractivity contribution in [2.45, 2.75) is 11.8 Å². The number of amides is 1. The first kappa shape index (κ1) is 16.5. The molecular formula is C15H14BrNO4S. The standard InChI is InChI=1S/C15H14BrNO4S/c1-2-22(19,20)13-7-3-11(4-8-13)17-15(18)10-6-12-5-9-14(16)21-12/h3-10H,2H2,1H3,(H,17,18)/b10-6+. The van der Waals surface area contributed by atoms with Crippen LogP contribution in [0.15, 0.2) is 56.5 Å². The van der Waals surface area contributed by atoms with Gasteiger partial charge in [0.2, 0.25) is 5.91 Å². The van der Waals surface area contributed by atoms with Crippen LogP contribution in [-0.4, -0.2) is 20.1 Å². The van der Waals surface area contributed by atoms with Gasteiger partial charge in [-0.05, 0) is 58.4 Å². The number of sulfone groups is 1. The molecule has 0 spiro atoms. The summed E-state index contributed by atoms with van der Waals surface area (Å²) in [7, 11) is -3.23. The summed E-state index contributed by atoms with van der Waals surface area (Å²) < 4.78 is 29.2. The van der Waals surface area contributed by atoms with Crippen LogP contribution in [0.1, 0.15) is 12.7 Å². The van der Waals surface area contributed by atoms with Gasteiger partial charge < -0.3 is 9.73 Å². The zero-order valence-corrected chi connectivity index (χ0v) is 14.1. The fraction of sp³-hybridized carbons (Fsp3) is 0.133. The molecular weight excluding hydrogens is 370 g/mol. The van der Waals surface area contributed by atoms with E-state index in [0.717, 1.165) is 0 Å². The maximum atomic E-state index is 11.8. The van der Waals surface area contributed by atoms with E-state index in [0.29, 0.717) is 16.1 Å². The van der Waals surface area contributed by atoms with Crippen molar-refractivity contribution >= 4 is 43.4 Å². The molecule has 1 aromatic heterocycles. The van der Waals surface area contributed by atoms with Crippen LogP contribution < -0.4 is 5.32 Å². The van der Waals surface area contributed by atoms with Crippen molar-refractivity contribution in [2.24, 2.45) is 0 Å². The zero-order chi connectivity index (χ0) is 16.2. The van der Waals surface area contributed by atoms with Crippen molar-refractivity contribution in [1.29, 1.82) is 0 Å². The summed E-state index contributed by atoms with van der Waals surface area (Å²) >= 11 is 3.17. The third-order valence-corrected chi connectivity index (χ3v) is 5.03. The minimum Gasteiger partial charge on any atom is -0.450 e. The normalized spacial score (nSPS) is 11.7. The summed E-state index contributed by atoms with van der Waals surface area (Å²) in [5.41, 5.74) is 0.519. The Labute approximate surface area is 137 Å². The number of halogens is 1. The maximum absolute atomic E-state index is 11.8. The van der Waals surface area contributed by atoms with E-state index in [2.05, 4.69) is 21.2 Å². The van der Waals surface area contributed by atoms with Gasteiger partial charge >= 0.3 is 0 Å². The quantitative estimate of drug-likeness (QED) is 0.801. The van der Waals surface area contributed by atoms with E-state index in [1.807, 2.05) is 0 Å². The first-order valence-corrected chi connectivity index (χ1v) is 8.92. The Balaban J connectivity index is 2.01. The zero-order valence-electron chi connectivity index (χ0n) is 11.7. The number of hydrogen-bond donors (Lipinski definition) is 1. The predicted octanol–water partition coefficient (Wildman–Crippen LogP) is 3.49. The van der Waals surface area contributed by atoms with Crippen LogP contribution in [0.4, 0.5) is 5.69 Å². The molecule has 1 heterocycles. The highest BCUT2D eigenvalue weighted by Gasteiger charge is 2.10. The van der Waals surface area contributed by atoms with Gasteiger partial charge in [0.05, 0.1) is 10.6 Å². The summed E-state index contributed by atoms with van der Waals surface area (Å²) in [5, 5.41) is 2.64. The molecule has 0 aliphatic rings. The van der Waals surface area contributed by atoms with Gasteiger partial charge in [0.15, 0.2) is 14.5 Å². The molecule has 0 aliphatic heterocycles. The Kier molecular flexibility index (Phi) is 5.20. The van der Waals surface area contributed by atoms with Gasteiger partial charge in [-0.3, -0.25) is 4.79 Å². The molecule has 1 amide bonds. The topological polar surface area (TPSA) is 76.4 Å². The van der Waals surface area contributed by atoms with Crippen LogP contribution in [0.25, 0.3) is 6.08 Å². The smallest absolute Gasteiger partial charge is 0.248 e. The number of furan rings is 1. The molecule has 22 heavy (non-hydrogen) atoms. The van der Waals surface area contributed by atoms with Crippen molar-refractivity contribution in [3.8, 4) is 0 Å². The second-order valence-corrected chi connectivity index (χ2v) is 7.45. The number of carbonyl (C=O) groups excluding carboxylic acids is 1. The molecule has 1 aromatic carbocycles. The van der Waals surface area contributed by atoms with Gasteiger partial charge in [0.25, 0.3) is 0 Å². The molecule has 0 radical (unpaired) electrons. The second kappa shape index (κ2) is 6.93. The lowest BCUT2D eigenvalue weighted by Gasteiger charge is -2.04. The summed E-state index contributed by atoms with van der Waals surface area (Å²) in [6, 6.07) is 9.50. The molecule has 2 aromatic rings. The lowest BCUT2D eigenvalue weighted by atomic mass is 10.3. The first-order valence-electron chi connectivity index (χ1n) is 6.48. The molecule has 7 heteroatoms. The van der Waals surface area contributed by atoms with Crippen molar-refractivity contribution in [1.82, 2.24) is 0 Å². The van der Waals surface area contributed by atoms with Crippen molar-refractivity contribution < 1.29 is 17.6 Å². The molecule has 116 valence electrons. The number of carbonyl (C=O) groups is 1. The highest BCUT2D eigenvalue weighted by molar-refractivity contribution is 9.10. The molecule has 1 N–H and O–H groups in total. The summed E-state index contributed by atoms with van der Waals surface area (Å²) in [4.78, 5) is 12.0. The van der Waals surface area contributed by atoms with E-state index in [1.54, 1.807) is 31.2 Å². The molecule has 2 rings (SSSR count). The molecule has 0 saturated carbocycles. The van der Waals surface area contributed by atoms with E-state index in [4.69, 9.17) is 4.42 Å². The minimum absolute atomic E-state index is 0.0418. The van der Waals surface area contributed by atoms with Crippen LogP contribution >= 0.6 is 15.9 Å². The van der Waals surface area contributed by atoms with Gasteiger partial charge in [-0.2, -0.15) is 0 Å². The monoisotopic (exact) mass is 383 g/mol. The average Bonchev–Trinajstić information content (AvgIpc) is 2.91. The summed E-state index contributed by atoms with van der Waals surface area (Å²) in [6.45, 7) is 1.59. The molecule has 0 unspecified atom stereocenters. The molecule has 0 bridgehead atoms. The first-order chi connectivity index (χ1) is 10.4. The fourth-order valence-corrected chi connectivity index (χ4v) is 2.88. The number of nitrogens with one attached hydrogen (secondary N) is 1. The highest BCUT2D eigenvalue weighted by Crippen LogP contribution is 2.16. The molecule has 5 nitrogen and oxygen atoms in total. The van der Waals surface area contributed by atoms with E-state index in [-0.39, 0.29) is 16.6 Å². The molecule has 0 atom stereocenters. The third-order valence-electron chi connectivity index (χ3n) is 2.85. The van der Waals surface area contributed by atoms with Gasteiger partial charge in [-0.25, -0.2) is 8.42 Å². The van der Waals surface area contributed by atoms with Crippen molar-refractivity contribution in [3.05, 3.63) is 52.9 Å². The number of hydrogen-bond acceptors (Lipinski definition) is 4. The second-order valence-electron chi connectivity index (χ2n) is 4.39. The van der Waals surface area contributed by atoms with Crippen LogP contribution in [-0.2, 0) is 14.6 Å². The Hall–Kier alpha value is -1.86. The van der Waals surface area contributed by atoms with Crippen LogP contribution in [0.2, 0.25) is 0 Å². The lowest BCUT2D eigenvalue weighted by Crippen LogP contribution is -2.08. The predicted molar refractivity (Wildman–Crippen MR) is 88.2 cm³/mol. The Morgan fingerprint density at radius 3 is 2.45 bits per heavy atom. The lowest BCUT2D eigenvalue weighted by molar-refractivity contribution is -0.111. The largest absolute Gasteiger partial charge is 0.450 e. The van der Waals surface area contributed by atoms with Gasteiger partial charge in [0.1, 0.15) is 5.76 Å². The van der Waals surface area contributed by atoms with E-state index in [9.17, 15) is 13.2 Å². The Morgan fingerprint density at radius 2 is 1.91 bits per heavy atom. The van der Waals surface area contributed by atoms with Crippen molar-refractivity contribution in [3.63, 3.8) is 0 Å².